The second kappa shape index (κ2) is 4.83. The molecule has 0 aromatic carbocycles. The van der Waals surface area contributed by atoms with Gasteiger partial charge in [0.05, 0.1) is 5.60 Å². The molecule has 0 amide bonds. The number of anilines is 2. The van der Waals surface area contributed by atoms with Crippen LogP contribution in [0.3, 0.4) is 0 Å². The first kappa shape index (κ1) is 13.3. The van der Waals surface area contributed by atoms with Gasteiger partial charge in [-0.3, -0.25) is 0 Å². The summed E-state index contributed by atoms with van der Waals surface area (Å²) in [6.45, 7) is 1.77. The molecule has 0 radical (unpaired) electrons. The number of aromatic nitrogens is 2. The van der Waals surface area contributed by atoms with Crippen LogP contribution in [0.2, 0.25) is 0 Å². The van der Waals surface area contributed by atoms with Gasteiger partial charge in [-0.05, 0) is 32.1 Å². The summed E-state index contributed by atoms with van der Waals surface area (Å²) in [6, 6.07) is 1.89. The van der Waals surface area contributed by atoms with Gasteiger partial charge in [0.15, 0.2) is 0 Å². The zero-order valence-corrected chi connectivity index (χ0v) is 12.5. The van der Waals surface area contributed by atoms with Crippen molar-refractivity contribution >= 4 is 11.6 Å². The molecule has 0 spiro atoms. The number of aliphatic hydroxyl groups is 1. The molecule has 1 saturated heterocycles. The Hall–Kier alpha value is -1.36. The van der Waals surface area contributed by atoms with Gasteiger partial charge in [0.2, 0.25) is 0 Å². The Balaban J connectivity index is 1.57. The maximum absolute atomic E-state index is 10.8. The molecule has 3 aliphatic rings. The lowest BCUT2D eigenvalue weighted by Gasteiger charge is -2.47. The molecule has 1 aromatic heterocycles. The summed E-state index contributed by atoms with van der Waals surface area (Å²) >= 11 is 0. The van der Waals surface area contributed by atoms with E-state index in [4.69, 9.17) is 10.7 Å². The zero-order chi connectivity index (χ0) is 14.4. The Morgan fingerprint density at radius 1 is 1.19 bits per heavy atom. The third-order valence-electron chi connectivity index (χ3n) is 5.44. The minimum absolute atomic E-state index is 0.376. The third kappa shape index (κ3) is 2.48. The molecule has 2 saturated carbocycles. The van der Waals surface area contributed by atoms with Crippen LogP contribution in [0.15, 0.2) is 6.07 Å². The SMILES string of the molecule is Nc1cc(N2CCC3(O)CCCCC3C2)nc(C2CC2)n1. The molecular formula is C16H24N4O. The van der Waals surface area contributed by atoms with Gasteiger partial charge in [-0.2, -0.15) is 0 Å². The van der Waals surface area contributed by atoms with Crippen molar-refractivity contribution in [2.75, 3.05) is 23.7 Å². The molecule has 1 aromatic rings. The number of rotatable bonds is 2. The van der Waals surface area contributed by atoms with Gasteiger partial charge in [0.25, 0.3) is 0 Å². The molecule has 3 N–H and O–H groups in total. The second-order valence-corrected chi connectivity index (χ2v) is 7.03. The zero-order valence-electron chi connectivity index (χ0n) is 12.5. The van der Waals surface area contributed by atoms with Crippen LogP contribution in [0.1, 0.15) is 56.7 Å². The Morgan fingerprint density at radius 2 is 2.05 bits per heavy atom. The molecule has 2 aliphatic carbocycles. The Labute approximate surface area is 125 Å². The largest absolute Gasteiger partial charge is 0.389 e. The van der Waals surface area contributed by atoms with Gasteiger partial charge in [-0.1, -0.05) is 12.8 Å². The third-order valence-corrected chi connectivity index (χ3v) is 5.44. The number of piperidine rings is 1. The van der Waals surface area contributed by atoms with Gasteiger partial charge in [-0.15, -0.1) is 0 Å². The van der Waals surface area contributed by atoms with Crippen LogP contribution in [0.25, 0.3) is 0 Å². The smallest absolute Gasteiger partial charge is 0.136 e. The summed E-state index contributed by atoms with van der Waals surface area (Å²) in [5.41, 5.74) is 5.52. The maximum Gasteiger partial charge on any atom is 0.136 e. The number of nitrogens with zero attached hydrogens (tertiary/aromatic N) is 3. The number of nitrogen functional groups attached to an aromatic ring is 1. The van der Waals surface area contributed by atoms with Gasteiger partial charge >= 0.3 is 0 Å². The fraction of sp³-hybridized carbons (Fsp3) is 0.750. The quantitative estimate of drug-likeness (QED) is 0.871. The highest BCUT2D eigenvalue weighted by Crippen LogP contribution is 2.42. The molecule has 114 valence electrons. The first-order chi connectivity index (χ1) is 10.1. The minimum atomic E-state index is -0.438. The molecule has 21 heavy (non-hydrogen) atoms. The summed E-state index contributed by atoms with van der Waals surface area (Å²) in [4.78, 5) is 11.4. The minimum Gasteiger partial charge on any atom is -0.389 e. The van der Waals surface area contributed by atoms with Gasteiger partial charge in [0.1, 0.15) is 17.5 Å². The molecule has 2 heterocycles. The standard InChI is InChI=1S/C16H24N4O/c17-13-9-14(19-15(18-13)11-4-5-11)20-8-7-16(21)6-2-1-3-12(16)10-20/h9,11-12,21H,1-8,10H2,(H2,17,18,19). The molecule has 5 nitrogen and oxygen atoms in total. The predicted molar refractivity (Wildman–Crippen MR) is 82.2 cm³/mol. The van der Waals surface area contributed by atoms with E-state index in [1.54, 1.807) is 0 Å². The Kier molecular flexibility index (Phi) is 3.06. The molecular weight excluding hydrogens is 264 g/mol. The van der Waals surface area contributed by atoms with Crippen LogP contribution in [-0.4, -0.2) is 33.8 Å². The average molecular weight is 288 g/mol. The van der Waals surface area contributed by atoms with E-state index in [1.807, 2.05) is 6.07 Å². The van der Waals surface area contributed by atoms with E-state index in [0.29, 0.717) is 17.7 Å². The van der Waals surface area contributed by atoms with E-state index in [1.165, 1.54) is 25.7 Å². The number of fused-ring (bicyclic) bond motifs is 1. The fourth-order valence-corrected chi connectivity index (χ4v) is 3.94. The lowest BCUT2D eigenvalue weighted by Crippen LogP contribution is -2.53. The summed E-state index contributed by atoms with van der Waals surface area (Å²) in [5, 5.41) is 10.8. The van der Waals surface area contributed by atoms with Gasteiger partial charge in [0, 0.05) is 31.0 Å². The van der Waals surface area contributed by atoms with E-state index < -0.39 is 5.60 Å². The van der Waals surface area contributed by atoms with Crippen LogP contribution in [0.5, 0.6) is 0 Å². The van der Waals surface area contributed by atoms with Crippen LogP contribution in [-0.2, 0) is 0 Å². The Morgan fingerprint density at radius 3 is 2.86 bits per heavy atom. The van der Waals surface area contributed by atoms with E-state index in [2.05, 4.69) is 9.88 Å². The Bertz CT molecular complexity index is 545. The van der Waals surface area contributed by atoms with Crippen molar-refractivity contribution in [3.63, 3.8) is 0 Å². The lowest BCUT2D eigenvalue weighted by molar-refractivity contribution is -0.0613. The van der Waals surface area contributed by atoms with Crippen molar-refractivity contribution in [2.24, 2.45) is 5.92 Å². The van der Waals surface area contributed by atoms with E-state index in [0.717, 1.165) is 44.0 Å². The van der Waals surface area contributed by atoms with Gasteiger partial charge < -0.3 is 15.7 Å². The highest BCUT2D eigenvalue weighted by molar-refractivity contribution is 5.48. The van der Waals surface area contributed by atoms with Crippen molar-refractivity contribution < 1.29 is 5.11 Å². The maximum atomic E-state index is 10.8. The normalized spacial score (nSPS) is 32.8. The number of nitrogens with two attached hydrogens (primary N) is 1. The summed E-state index contributed by atoms with van der Waals surface area (Å²) < 4.78 is 0. The van der Waals surface area contributed by atoms with Crippen LogP contribution >= 0.6 is 0 Å². The molecule has 0 bridgehead atoms. The lowest BCUT2D eigenvalue weighted by atomic mass is 9.71. The van der Waals surface area contributed by atoms with Crippen LogP contribution < -0.4 is 10.6 Å². The molecule has 2 atom stereocenters. The van der Waals surface area contributed by atoms with E-state index in [-0.39, 0.29) is 0 Å². The topological polar surface area (TPSA) is 75.3 Å². The predicted octanol–water partition coefficient (Wildman–Crippen LogP) is 2.07. The highest BCUT2D eigenvalue weighted by Gasteiger charge is 2.43. The molecule has 3 fully saturated rings. The van der Waals surface area contributed by atoms with Crippen molar-refractivity contribution in [2.45, 2.75) is 56.5 Å². The van der Waals surface area contributed by atoms with Crippen LogP contribution in [0.4, 0.5) is 11.6 Å². The monoisotopic (exact) mass is 288 g/mol. The van der Waals surface area contributed by atoms with Crippen molar-refractivity contribution in [3.05, 3.63) is 11.9 Å². The van der Waals surface area contributed by atoms with Crippen molar-refractivity contribution in [3.8, 4) is 0 Å². The summed E-state index contributed by atoms with van der Waals surface area (Å²) in [5.74, 6) is 3.34. The molecule has 4 rings (SSSR count). The fourth-order valence-electron chi connectivity index (χ4n) is 3.94. The van der Waals surface area contributed by atoms with Gasteiger partial charge in [-0.25, -0.2) is 9.97 Å². The first-order valence-corrected chi connectivity index (χ1v) is 8.26. The number of hydrogen-bond acceptors (Lipinski definition) is 5. The van der Waals surface area contributed by atoms with Crippen LogP contribution in [0, 0.1) is 5.92 Å². The van der Waals surface area contributed by atoms with E-state index in [9.17, 15) is 5.11 Å². The average Bonchev–Trinajstić information content (AvgIpc) is 3.30. The molecule has 1 aliphatic heterocycles. The molecule has 5 heteroatoms. The van der Waals surface area contributed by atoms with Crippen molar-refractivity contribution in [1.29, 1.82) is 0 Å². The van der Waals surface area contributed by atoms with E-state index >= 15 is 0 Å². The second-order valence-electron chi connectivity index (χ2n) is 7.03. The highest BCUT2D eigenvalue weighted by atomic mass is 16.3. The summed E-state index contributed by atoms with van der Waals surface area (Å²) in [7, 11) is 0. The van der Waals surface area contributed by atoms with Crippen molar-refractivity contribution in [1.82, 2.24) is 9.97 Å². The summed E-state index contributed by atoms with van der Waals surface area (Å²) in [6.07, 6.45) is 7.71. The molecule has 2 unspecified atom stereocenters. The number of hydrogen-bond donors (Lipinski definition) is 2. The first-order valence-electron chi connectivity index (χ1n) is 8.26.